The van der Waals surface area contributed by atoms with E-state index >= 15 is 0 Å². The lowest BCUT2D eigenvalue weighted by Crippen LogP contribution is -2.35. The van der Waals surface area contributed by atoms with Crippen molar-refractivity contribution in [3.05, 3.63) is 51.7 Å². The lowest BCUT2D eigenvalue weighted by atomic mass is 10.2. The minimum absolute atomic E-state index is 0.245. The summed E-state index contributed by atoms with van der Waals surface area (Å²) < 4.78 is 5.56. The summed E-state index contributed by atoms with van der Waals surface area (Å²) in [6, 6.07) is 10.7. The number of thiophene rings is 1. The molecule has 1 unspecified atom stereocenters. The maximum absolute atomic E-state index is 12.0. The number of benzene rings is 1. The summed E-state index contributed by atoms with van der Waals surface area (Å²) in [6.07, 6.45) is -0.624. The predicted molar refractivity (Wildman–Crippen MR) is 84.4 cm³/mol. The van der Waals surface area contributed by atoms with Crippen LogP contribution in [0.3, 0.4) is 0 Å². The molecule has 6 heteroatoms. The lowest BCUT2D eigenvalue weighted by molar-refractivity contribution is -0.127. The molecule has 0 radical (unpaired) electrons. The van der Waals surface area contributed by atoms with Gasteiger partial charge in [0.15, 0.2) is 6.10 Å². The van der Waals surface area contributed by atoms with E-state index in [1.165, 1.54) is 6.07 Å². The minimum atomic E-state index is -0.960. The van der Waals surface area contributed by atoms with Gasteiger partial charge in [0.05, 0.1) is 6.54 Å². The molecule has 1 aromatic carbocycles. The van der Waals surface area contributed by atoms with Gasteiger partial charge >= 0.3 is 5.97 Å². The number of carbonyl (C=O) groups excluding carboxylic acids is 1. The Morgan fingerprint density at radius 1 is 1.23 bits per heavy atom. The summed E-state index contributed by atoms with van der Waals surface area (Å²) in [5.74, 6) is -0.568. The van der Waals surface area contributed by atoms with Gasteiger partial charge in [0.25, 0.3) is 5.91 Å². The topological polar surface area (TPSA) is 75.6 Å². The molecule has 2 rings (SSSR count). The van der Waals surface area contributed by atoms with E-state index in [0.717, 1.165) is 21.8 Å². The van der Waals surface area contributed by atoms with Crippen LogP contribution in [0.5, 0.6) is 5.75 Å². The maximum Gasteiger partial charge on any atom is 0.345 e. The predicted octanol–water partition coefficient (Wildman–Crippen LogP) is 2.84. The van der Waals surface area contributed by atoms with Crippen molar-refractivity contribution in [2.45, 2.75) is 26.5 Å². The van der Waals surface area contributed by atoms with Gasteiger partial charge in [0, 0.05) is 4.88 Å². The Bertz CT molecular complexity index is 663. The summed E-state index contributed by atoms with van der Waals surface area (Å²) in [5.41, 5.74) is 1.12. The average Bonchev–Trinajstić information content (AvgIpc) is 2.96. The van der Waals surface area contributed by atoms with Crippen LogP contribution in [0, 0.1) is 6.92 Å². The smallest absolute Gasteiger partial charge is 0.345 e. The van der Waals surface area contributed by atoms with E-state index in [2.05, 4.69) is 5.32 Å². The van der Waals surface area contributed by atoms with Crippen molar-refractivity contribution in [1.29, 1.82) is 0 Å². The summed E-state index contributed by atoms with van der Waals surface area (Å²) in [7, 11) is 0. The molecule has 5 nitrogen and oxygen atoms in total. The van der Waals surface area contributed by atoms with Gasteiger partial charge in [-0.05, 0) is 38.1 Å². The number of hydrogen-bond acceptors (Lipinski definition) is 4. The van der Waals surface area contributed by atoms with Crippen LogP contribution in [0.2, 0.25) is 0 Å². The number of hydrogen-bond donors (Lipinski definition) is 2. The van der Waals surface area contributed by atoms with Crippen LogP contribution in [-0.2, 0) is 11.3 Å². The normalized spacial score (nSPS) is 11.7. The van der Waals surface area contributed by atoms with E-state index in [1.54, 1.807) is 13.0 Å². The molecule has 1 amide bonds. The third kappa shape index (κ3) is 4.33. The first-order chi connectivity index (χ1) is 10.5. The third-order valence-electron chi connectivity index (χ3n) is 3.01. The number of carboxylic acid groups (broad SMARTS) is 1. The second-order valence-corrected chi connectivity index (χ2v) is 6.03. The SMILES string of the molecule is Cc1ccc(OC(C)C(=O)NCc2ccc(C(=O)O)s2)cc1. The largest absolute Gasteiger partial charge is 0.481 e. The van der Waals surface area contributed by atoms with Gasteiger partial charge in [-0.1, -0.05) is 17.7 Å². The van der Waals surface area contributed by atoms with Crippen molar-refractivity contribution in [2.24, 2.45) is 0 Å². The molecule has 0 aliphatic rings. The number of rotatable bonds is 6. The Balaban J connectivity index is 1.85. The standard InChI is InChI=1S/C16H17NO4S/c1-10-3-5-12(6-4-10)21-11(2)15(18)17-9-13-7-8-14(22-13)16(19)20/h3-8,11H,9H2,1-2H3,(H,17,18)(H,19,20). The van der Waals surface area contributed by atoms with Gasteiger partial charge in [-0.15, -0.1) is 11.3 Å². The summed E-state index contributed by atoms with van der Waals surface area (Å²) in [5, 5.41) is 11.6. The fraction of sp³-hybridized carbons (Fsp3) is 0.250. The van der Waals surface area contributed by atoms with Crippen molar-refractivity contribution in [2.75, 3.05) is 0 Å². The van der Waals surface area contributed by atoms with Crippen LogP contribution in [0.1, 0.15) is 27.0 Å². The first kappa shape index (κ1) is 16.0. The molecule has 0 saturated heterocycles. The minimum Gasteiger partial charge on any atom is -0.481 e. The number of carbonyl (C=O) groups is 2. The molecule has 22 heavy (non-hydrogen) atoms. The van der Waals surface area contributed by atoms with Gasteiger partial charge in [-0.3, -0.25) is 4.79 Å². The molecule has 1 atom stereocenters. The Morgan fingerprint density at radius 2 is 1.91 bits per heavy atom. The molecule has 0 spiro atoms. The number of aromatic carboxylic acids is 1. The molecular weight excluding hydrogens is 302 g/mol. The molecule has 0 aliphatic heterocycles. The summed E-state index contributed by atoms with van der Waals surface area (Å²) in [4.78, 5) is 23.8. The van der Waals surface area contributed by atoms with Crippen molar-refractivity contribution in [1.82, 2.24) is 5.32 Å². The van der Waals surface area contributed by atoms with E-state index < -0.39 is 12.1 Å². The summed E-state index contributed by atoms with van der Waals surface area (Å²) >= 11 is 1.15. The van der Waals surface area contributed by atoms with E-state index in [4.69, 9.17) is 9.84 Å². The average molecular weight is 319 g/mol. The molecule has 2 N–H and O–H groups in total. The number of nitrogens with one attached hydrogen (secondary N) is 1. The molecule has 1 heterocycles. The maximum atomic E-state index is 12.0. The Labute approximate surface area is 132 Å². The van der Waals surface area contributed by atoms with Crippen LogP contribution >= 0.6 is 11.3 Å². The van der Waals surface area contributed by atoms with Crippen molar-refractivity contribution >= 4 is 23.2 Å². The molecule has 0 bridgehead atoms. The quantitative estimate of drug-likeness (QED) is 0.858. The van der Waals surface area contributed by atoms with Gasteiger partial charge in [0.2, 0.25) is 0 Å². The van der Waals surface area contributed by atoms with Gasteiger partial charge in [-0.2, -0.15) is 0 Å². The molecular formula is C16H17NO4S. The first-order valence-corrected chi connectivity index (χ1v) is 7.60. The molecule has 0 fully saturated rings. The van der Waals surface area contributed by atoms with Crippen molar-refractivity contribution in [3.8, 4) is 5.75 Å². The first-order valence-electron chi connectivity index (χ1n) is 6.79. The van der Waals surface area contributed by atoms with Crippen LogP contribution in [-0.4, -0.2) is 23.1 Å². The fourth-order valence-corrected chi connectivity index (χ4v) is 2.57. The highest BCUT2D eigenvalue weighted by atomic mass is 32.1. The lowest BCUT2D eigenvalue weighted by Gasteiger charge is -2.14. The second-order valence-electron chi connectivity index (χ2n) is 4.86. The molecule has 2 aromatic rings. The van der Waals surface area contributed by atoms with Gasteiger partial charge < -0.3 is 15.2 Å². The molecule has 0 saturated carbocycles. The number of carboxylic acids is 1. The second kappa shape index (κ2) is 7.09. The molecule has 0 aliphatic carbocycles. The van der Waals surface area contributed by atoms with Gasteiger partial charge in [-0.25, -0.2) is 4.79 Å². The number of aryl methyl sites for hydroxylation is 1. The molecule has 116 valence electrons. The van der Waals surface area contributed by atoms with E-state index in [-0.39, 0.29) is 10.8 Å². The zero-order valence-electron chi connectivity index (χ0n) is 12.3. The highest BCUT2D eigenvalue weighted by molar-refractivity contribution is 7.13. The number of ether oxygens (including phenoxy) is 1. The Morgan fingerprint density at radius 3 is 2.50 bits per heavy atom. The van der Waals surface area contributed by atoms with Crippen LogP contribution in [0.4, 0.5) is 0 Å². The Kier molecular flexibility index (Phi) is 5.16. The third-order valence-corrected chi connectivity index (χ3v) is 4.09. The molecule has 1 aromatic heterocycles. The number of amides is 1. The monoisotopic (exact) mass is 319 g/mol. The van der Waals surface area contributed by atoms with E-state index in [1.807, 2.05) is 31.2 Å². The highest BCUT2D eigenvalue weighted by Crippen LogP contribution is 2.16. The zero-order valence-corrected chi connectivity index (χ0v) is 13.1. The van der Waals surface area contributed by atoms with Crippen molar-refractivity contribution < 1.29 is 19.4 Å². The zero-order chi connectivity index (χ0) is 16.1. The summed E-state index contributed by atoms with van der Waals surface area (Å²) in [6.45, 7) is 3.94. The van der Waals surface area contributed by atoms with Crippen LogP contribution in [0.25, 0.3) is 0 Å². The van der Waals surface area contributed by atoms with Crippen molar-refractivity contribution in [3.63, 3.8) is 0 Å². The van der Waals surface area contributed by atoms with E-state index in [9.17, 15) is 9.59 Å². The van der Waals surface area contributed by atoms with E-state index in [0.29, 0.717) is 12.3 Å². The van der Waals surface area contributed by atoms with Crippen LogP contribution in [0.15, 0.2) is 36.4 Å². The van der Waals surface area contributed by atoms with Gasteiger partial charge in [0.1, 0.15) is 10.6 Å². The fourth-order valence-electron chi connectivity index (χ4n) is 1.78. The Hall–Kier alpha value is -2.34. The van der Waals surface area contributed by atoms with Crippen LogP contribution < -0.4 is 10.1 Å². The highest BCUT2D eigenvalue weighted by Gasteiger charge is 2.15.